The van der Waals surface area contributed by atoms with Crippen molar-refractivity contribution in [2.45, 2.75) is 13.0 Å². The molecule has 0 aromatic heterocycles. The normalized spacial score (nSPS) is 10.4. The molecule has 0 saturated carbocycles. The Morgan fingerprint density at radius 3 is 2.29 bits per heavy atom. The smallest absolute Gasteiger partial charge is 0.123 e. The van der Waals surface area contributed by atoms with E-state index in [4.69, 9.17) is 4.74 Å². The van der Waals surface area contributed by atoms with Crippen molar-refractivity contribution in [2.24, 2.45) is 0 Å². The fourth-order valence-electron chi connectivity index (χ4n) is 2.50. The average Bonchev–Trinajstić information content (AvgIpc) is 2.63. The van der Waals surface area contributed by atoms with E-state index in [0.717, 1.165) is 35.5 Å². The number of para-hydroxylation sites is 1. The topological polar surface area (TPSA) is 21.3 Å². The highest BCUT2D eigenvalue weighted by Crippen LogP contribution is 2.20. The first-order valence-electron chi connectivity index (χ1n) is 8.05. The van der Waals surface area contributed by atoms with Gasteiger partial charge in [0.05, 0.1) is 0 Å². The van der Waals surface area contributed by atoms with Crippen LogP contribution in [-0.2, 0) is 13.0 Å². The number of nitrogens with one attached hydrogen (secondary N) is 1. The first kappa shape index (κ1) is 16.1. The molecule has 0 spiro atoms. The molecule has 0 atom stereocenters. The van der Waals surface area contributed by atoms with E-state index in [1.165, 1.54) is 12.1 Å². The van der Waals surface area contributed by atoms with Crippen LogP contribution in [0.15, 0.2) is 78.9 Å². The van der Waals surface area contributed by atoms with E-state index in [2.05, 4.69) is 23.5 Å². The van der Waals surface area contributed by atoms with E-state index in [0.29, 0.717) is 6.61 Å². The minimum atomic E-state index is -0.222. The maximum absolute atomic E-state index is 12.9. The molecule has 3 heteroatoms. The molecule has 0 aliphatic rings. The van der Waals surface area contributed by atoms with Crippen molar-refractivity contribution in [2.75, 3.05) is 11.9 Å². The van der Waals surface area contributed by atoms with Crippen LogP contribution in [-0.4, -0.2) is 6.54 Å². The summed E-state index contributed by atoms with van der Waals surface area (Å²) in [5, 5.41) is 3.30. The molecule has 3 aromatic carbocycles. The van der Waals surface area contributed by atoms with Crippen molar-refractivity contribution < 1.29 is 9.13 Å². The molecule has 0 bridgehead atoms. The van der Waals surface area contributed by atoms with Gasteiger partial charge in [0.1, 0.15) is 18.2 Å². The molecule has 1 N–H and O–H groups in total. The lowest BCUT2D eigenvalue weighted by atomic mass is 10.1. The SMILES string of the molecule is Fc1ccc(NCCc2ccccc2OCc2ccccc2)cc1. The molecule has 0 fully saturated rings. The molecular formula is C21H20FNO. The van der Waals surface area contributed by atoms with Crippen LogP contribution < -0.4 is 10.1 Å². The van der Waals surface area contributed by atoms with Crippen LogP contribution in [0.4, 0.5) is 10.1 Å². The predicted molar refractivity (Wildman–Crippen MR) is 95.8 cm³/mol. The highest BCUT2D eigenvalue weighted by Gasteiger charge is 2.03. The van der Waals surface area contributed by atoms with Gasteiger partial charge in [-0.15, -0.1) is 0 Å². The first-order chi connectivity index (χ1) is 11.8. The lowest BCUT2D eigenvalue weighted by molar-refractivity contribution is 0.303. The maximum atomic E-state index is 12.9. The summed E-state index contributed by atoms with van der Waals surface area (Å²) in [6.45, 7) is 1.32. The molecule has 2 nitrogen and oxygen atoms in total. The Morgan fingerprint density at radius 2 is 1.50 bits per heavy atom. The first-order valence-corrected chi connectivity index (χ1v) is 8.05. The fourth-order valence-corrected chi connectivity index (χ4v) is 2.50. The van der Waals surface area contributed by atoms with E-state index in [-0.39, 0.29) is 5.82 Å². The van der Waals surface area contributed by atoms with Crippen molar-refractivity contribution in [3.63, 3.8) is 0 Å². The van der Waals surface area contributed by atoms with Gasteiger partial charge >= 0.3 is 0 Å². The van der Waals surface area contributed by atoms with E-state index in [1.807, 2.05) is 36.4 Å². The van der Waals surface area contributed by atoms with Gasteiger partial charge in [-0.2, -0.15) is 0 Å². The van der Waals surface area contributed by atoms with Crippen LogP contribution in [0.25, 0.3) is 0 Å². The Labute approximate surface area is 141 Å². The lowest BCUT2D eigenvalue weighted by Gasteiger charge is -2.12. The van der Waals surface area contributed by atoms with E-state index in [9.17, 15) is 4.39 Å². The summed E-state index contributed by atoms with van der Waals surface area (Å²) in [5.74, 6) is 0.683. The Kier molecular flexibility index (Phi) is 5.46. The highest BCUT2D eigenvalue weighted by molar-refractivity contribution is 5.43. The zero-order valence-electron chi connectivity index (χ0n) is 13.4. The van der Waals surface area contributed by atoms with Crippen LogP contribution in [0, 0.1) is 5.82 Å². The zero-order valence-corrected chi connectivity index (χ0v) is 13.4. The third-order valence-electron chi connectivity index (χ3n) is 3.78. The van der Waals surface area contributed by atoms with Gasteiger partial charge in [0, 0.05) is 12.2 Å². The standard InChI is InChI=1S/C21H20FNO/c22-19-10-12-20(13-11-19)23-15-14-18-8-4-5-9-21(18)24-16-17-6-2-1-3-7-17/h1-13,23H,14-16H2. The summed E-state index contributed by atoms with van der Waals surface area (Å²) in [4.78, 5) is 0. The monoisotopic (exact) mass is 321 g/mol. The molecule has 0 radical (unpaired) electrons. The molecule has 3 rings (SSSR count). The van der Waals surface area contributed by atoms with Crippen molar-refractivity contribution >= 4 is 5.69 Å². The highest BCUT2D eigenvalue weighted by atomic mass is 19.1. The minimum Gasteiger partial charge on any atom is -0.489 e. The van der Waals surface area contributed by atoms with Gasteiger partial charge in [0.2, 0.25) is 0 Å². The van der Waals surface area contributed by atoms with Crippen LogP contribution in [0.5, 0.6) is 5.75 Å². The third-order valence-corrected chi connectivity index (χ3v) is 3.78. The molecular weight excluding hydrogens is 301 g/mol. The van der Waals surface area contributed by atoms with Crippen molar-refractivity contribution in [1.82, 2.24) is 0 Å². The number of ether oxygens (including phenoxy) is 1. The third kappa shape index (κ3) is 4.59. The Bertz CT molecular complexity index is 756. The summed E-state index contributed by atoms with van der Waals surface area (Å²) in [7, 11) is 0. The van der Waals surface area contributed by atoms with E-state index >= 15 is 0 Å². The van der Waals surface area contributed by atoms with E-state index < -0.39 is 0 Å². The molecule has 3 aromatic rings. The number of anilines is 1. The summed E-state index contributed by atoms with van der Waals surface area (Å²) in [6.07, 6.45) is 0.836. The second-order valence-corrected chi connectivity index (χ2v) is 5.57. The fraction of sp³-hybridized carbons (Fsp3) is 0.143. The van der Waals surface area contributed by atoms with Crippen molar-refractivity contribution in [3.05, 3.63) is 95.8 Å². The van der Waals surface area contributed by atoms with Crippen molar-refractivity contribution in [1.29, 1.82) is 0 Å². The van der Waals surface area contributed by atoms with Crippen molar-refractivity contribution in [3.8, 4) is 5.75 Å². The Hall–Kier alpha value is -2.81. The van der Waals surface area contributed by atoms with Crippen LogP contribution in [0.3, 0.4) is 0 Å². The Balaban J connectivity index is 1.56. The van der Waals surface area contributed by atoms with Crippen LogP contribution in [0.2, 0.25) is 0 Å². The molecule has 0 aliphatic heterocycles. The number of hydrogen-bond acceptors (Lipinski definition) is 2. The molecule has 122 valence electrons. The number of rotatable bonds is 7. The number of benzene rings is 3. The molecule has 0 saturated heterocycles. The summed E-state index contributed by atoms with van der Waals surface area (Å²) >= 11 is 0. The van der Waals surface area contributed by atoms with Gasteiger partial charge in [-0.05, 0) is 47.9 Å². The molecule has 24 heavy (non-hydrogen) atoms. The van der Waals surface area contributed by atoms with Gasteiger partial charge in [-0.3, -0.25) is 0 Å². The van der Waals surface area contributed by atoms with Gasteiger partial charge in [0.15, 0.2) is 0 Å². The van der Waals surface area contributed by atoms with Gasteiger partial charge in [-0.1, -0.05) is 48.5 Å². The van der Waals surface area contributed by atoms with E-state index in [1.54, 1.807) is 12.1 Å². The number of hydrogen-bond donors (Lipinski definition) is 1. The largest absolute Gasteiger partial charge is 0.489 e. The molecule has 0 unspecified atom stereocenters. The number of halogens is 1. The van der Waals surface area contributed by atoms with Gasteiger partial charge < -0.3 is 10.1 Å². The Morgan fingerprint density at radius 1 is 0.792 bits per heavy atom. The summed E-state index contributed by atoms with van der Waals surface area (Å²) in [5.41, 5.74) is 3.22. The van der Waals surface area contributed by atoms with Gasteiger partial charge in [-0.25, -0.2) is 4.39 Å². The molecule has 0 amide bonds. The lowest BCUT2D eigenvalue weighted by Crippen LogP contribution is -2.06. The van der Waals surface area contributed by atoms with Crippen LogP contribution in [0.1, 0.15) is 11.1 Å². The van der Waals surface area contributed by atoms with Gasteiger partial charge in [0.25, 0.3) is 0 Å². The predicted octanol–water partition coefficient (Wildman–Crippen LogP) is 5.06. The maximum Gasteiger partial charge on any atom is 0.123 e. The quantitative estimate of drug-likeness (QED) is 0.657. The molecule has 0 aliphatic carbocycles. The second kappa shape index (κ2) is 8.16. The summed E-state index contributed by atoms with van der Waals surface area (Å²) < 4.78 is 18.9. The summed E-state index contributed by atoms with van der Waals surface area (Å²) in [6, 6.07) is 24.6. The minimum absolute atomic E-state index is 0.222. The molecule has 0 heterocycles. The second-order valence-electron chi connectivity index (χ2n) is 5.57. The zero-order chi connectivity index (χ0) is 16.6. The average molecular weight is 321 g/mol. The van der Waals surface area contributed by atoms with Crippen LogP contribution >= 0.6 is 0 Å².